The van der Waals surface area contributed by atoms with Gasteiger partial charge in [0.15, 0.2) is 10.2 Å². The van der Waals surface area contributed by atoms with Crippen molar-refractivity contribution in [3.05, 3.63) is 46.4 Å². The van der Waals surface area contributed by atoms with Crippen LogP contribution in [0.15, 0.2) is 46.5 Å². The lowest BCUT2D eigenvalue weighted by molar-refractivity contribution is -0.142. The predicted octanol–water partition coefficient (Wildman–Crippen LogP) is 3.82. The van der Waals surface area contributed by atoms with Crippen molar-refractivity contribution in [3.63, 3.8) is 0 Å². The van der Waals surface area contributed by atoms with Crippen LogP contribution in [-0.2, 0) is 19.4 Å². The van der Waals surface area contributed by atoms with Gasteiger partial charge in [-0.05, 0) is 26.0 Å². The van der Waals surface area contributed by atoms with Gasteiger partial charge in [0.25, 0.3) is 0 Å². The third-order valence-electron chi connectivity index (χ3n) is 3.09. The molecule has 0 bridgehead atoms. The Hall–Kier alpha value is -1.90. The number of aromatic nitrogens is 1. The Morgan fingerprint density at radius 1 is 1.36 bits per heavy atom. The molecule has 6 nitrogen and oxygen atoms in total. The van der Waals surface area contributed by atoms with Gasteiger partial charge in [-0.1, -0.05) is 47.2 Å². The number of rotatable bonds is 7. The molecule has 0 aliphatic carbocycles. The number of hydrogen-bond donors (Lipinski definition) is 1. The fourth-order valence-electron chi connectivity index (χ4n) is 1.92. The molecule has 1 heterocycles. The zero-order valence-corrected chi connectivity index (χ0v) is 16.1. The highest BCUT2D eigenvalue weighted by atomic mass is 35.5. The van der Waals surface area contributed by atoms with Gasteiger partial charge < -0.3 is 10.1 Å². The number of aryl methyl sites for hydroxylation is 1. The number of anilines is 1. The lowest BCUT2D eigenvalue weighted by atomic mass is 10.2. The minimum atomic E-state index is -3.83. The van der Waals surface area contributed by atoms with E-state index in [-0.39, 0.29) is 32.4 Å². The highest BCUT2D eigenvalue weighted by Crippen LogP contribution is 2.35. The molecule has 1 aromatic heterocycles. The Labute approximate surface area is 155 Å². The quantitative estimate of drug-likeness (QED) is 0.711. The van der Waals surface area contributed by atoms with E-state index >= 15 is 0 Å². The second kappa shape index (κ2) is 7.99. The zero-order chi connectivity index (χ0) is 18.6. The van der Waals surface area contributed by atoms with Crippen molar-refractivity contribution >= 4 is 43.9 Å². The molecule has 0 aliphatic rings. The molecule has 0 saturated heterocycles. The number of benzene rings is 1. The maximum absolute atomic E-state index is 12.7. The molecule has 1 N–H and O–H groups in total. The second-order valence-corrected chi connectivity index (χ2v) is 8.59. The molecule has 0 radical (unpaired) electrons. The highest BCUT2D eigenvalue weighted by Gasteiger charge is 2.25. The number of nitrogens with zero attached hydrogens (tertiary/aromatic N) is 1. The third kappa shape index (κ3) is 4.81. The number of halogens is 1. The number of nitrogens with one attached hydrogen (secondary N) is 1. The second-order valence-electron chi connectivity index (χ2n) is 5.12. The largest absolute Gasteiger partial charge is 0.466 e. The molecular weight excluding hydrogens is 384 g/mol. The van der Waals surface area contributed by atoms with E-state index in [2.05, 4.69) is 16.9 Å². The van der Waals surface area contributed by atoms with Crippen molar-refractivity contribution in [2.75, 3.05) is 11.9 Å². The van der Waals surface area contributed by atoms with Gasteiger partial charge in [-0.2, -0.15) is 0 Å². The summed E-state index contributed by atoms with van der Waals surface area (Å²) in [6.45, 7) is 7.55. The van der Waals surface area contributed by atoms with Crippen LogP contribution in [0, 0.1) is 6.92 Å². The summed E-state index contributed by atoms with van der Waals surface area (Å²) < 4.78 is 30.2. The minimum absolute atomic E-state index is 0.0343. The van der Waals surface area contributed by atoms with Crippen molar-refractivity contribution < 1.29 is 17.9 Å². The lowest BCUT2D eigenvalue weighted by Gasteiger charge is -2.06. The first-order valence-electron chi connectivity index (χ1n) is 7.32. The van der Waals surface area contributed by atoms with Crippen molar-refractivity contribution in [1.82, 2.24) is 4.98 Å². The van der Waals surface area contributed by atoms with Crippen LogP contribution in [0.4, 0.5) is 5.13 Å². The van der Waals surface area contributed by atoms with E-state index in [9.17, 15) is 13.2 Å². The Balaban J connectivity index is 2.20. The average Bonchev–Trinajstić information content (AvgIpc) is 2.88. The van der Waals surface area contributed by atoms with E-state index in [0.717, 1.165) is 16.9 Å². The molecule has 0 atom stereocenters. The SMILES string of the molecule is C=C(CC(=O)OCC)Nc1nc(S(=O)(=O)c2ccc(C)cc2)c(Cl)s1. The highest BCUT2D eigenvalue weighted by molar-refractivity contribution is 7.91. The maximum Gasteiger partial charge on any atom is 0.311 e. The Bertz CT molecular complexity index is 889. The Kier molecular flexibility index (Phi) is 6.21. The smallest absolute Gasteiger partial charge is 0.311 e. The number of thiazole rings is 1. The molecule has 0 fully saturated rings. The number of sulfone groups is 1. The number of ether oxygens (including phenoxy) is 1. The molecule has 0 unspecified atom stereocenters. The van der Waals surface area contributed by atoms with Crippen LogP contribution in [0.25, 0.3) is 0 Å². The predicted molar refractivity (Wildman–Crippen MR) is 97.8 cm³/mol. The average molecular weight is 401 g/mol. The monoisotopic (exact) mass is 400 g/mol. The number of carbonyl (C=O) groups excluding carboxylic acids is 1. The number of carbonyl (C=O) groups is 1. The molecule has 9 heteroatoms. The molecular formula is C16H17ClN2O4S2. The van der Waals surface area contributed by atoms with Gasteiger partial charge in [0.1, 0.15) is 4.34 Å². The van der Waals surface area contributed by atoms with E-state index in [4.69, 9.17) is 16.3 Å². The van der Waals surface area contributed by atoms with Crippen LogP contribution in [-0.4, -0.2) is 26.0 Å². The van der Waals surface area contributed by atoms with Gasteiger partial charge in [-0.15, -0.1) is 0 Å². The summed E-state index contributed by atoms with van der Waals surface area (Å²) in [7, 11) is -3.83. The molecule has 134 valence electrons. The van der Waals surface area contributed by atoms with Crippen molar-refractivity contribution in [3.8, 4) is 0 Å². The fraction of sp³-hybridized carbons (Fsp3) is 0.250. The van der Waals surface area contributed by atoms with Gasteiger partial charge in [0.05, 0.1) is 17.9 Å². The van der Waals surface area contributed by atoms with Crippen molar-refractivity contribution in [1.29, 1.82) is 0 Å². The third-order valence-corrected chi connectivity index (χ3v) is 6.20. The molecule has 0 amide bonds. The molecule has 2 rings (SSSR count). The van der Waals surface area contributed by atoms with E-state index < -0.39 is 15.8 Å². The summed E-state index contributed by atoms with van der Waals surface area (Å²) in [5.41, 5.74) is 1.28. The van der Waals surface area contributed by atoms with E-state index in [0.29, 0.717) is 5.70 Å². The maximum atomic E-state index is 12.7. The lowest BCUT2D eigenvalue weighted by Crippen LogP contribution is -2.09. The Morgan fingerprint density at radius 2 is 2.00 bits per heavy atom. The van der Waals surface area contributed by atoms with Crippen LogP contribution in [0.5, 0.6) is 0 Å². The summed E-state index contributed by atoms with van der Waals surface area (Å²) in [5, 5.41) is 2.80. The summed E-state index contributed by atoms with van der Waals surface area (Å²) in [6, 6.07) is 6.42. The number of hydrogen-bond acceptors (Lipinski definition) is 7. The topological polar surface area (TPSA) is 85.4 Å². The molecule has 0 saturated carbocycles. The van der Waals surface area contributed by atoms with Crippen LogP contribution in [0.3, 0.4) is 0 Å². The normalized spacial score (nSPS) is 11.2. The van der Waals surface area contributed by atoms with Crippen molar-refractivity contribution in [2.24, 2.45) is 0 Å². The minimum Gasteiger partial charge on any atom is -0.466 e. The van der Waals surface area contributed by atoms with E-state index in [1.165, 1.54) is 12.1 Å². The van der Waals surface area contributed by atoms with Gasteiger partial charge in [-0.25, -0.2) is 13.4 Å². The Morgan fingerprint density at radius 3 is 2.60 bits per heavy atom. The summed E-state index contributed by atoms with van der Waals surface area (Å²) in [6.07, 6.45) is -0.0505. The van der Waals surface area contributed by atoms with E-state index in [1.54, 1.807) is 19.1 Å². The summed E-state index contributed by atoms with van der Waals surface area (Å²) in [5.74, 6) is -0.435. The standard InChI is InChI=1S/C16H17ClN2O4S2/c1-4-23-13(20)9-11(3)18-16-19-15(14(17)24-16)25(21,22)12-7-5-10(2)6-8-12/h5-8H,3-4,9H2,1-2H3,(H,18,19). The number of esters is 1. The van der Waals surface area contributed by atoms with Crippen LogP contribution in [0.1, 0.15) is 18.9 Å². The van der Waals surface area contributed by atoms with Gasteiger partial charge in [-0.3, -0.25) is 4.79 Å². The first-order chi connectivity index (χ1) is 11.7. The van der Waals surface area contributed by atoms with Gasteiger partial charge in [0, 0.05) is 5.70 Å². The van der Waals surface area contributed by atoms with Crippen molar-refractivity contribution in [2.45, 2.75) is 30.2 Å². The molecule has 0 aliphatic heterocycles. The van der Waals surface area contributed by atoms with Gasteiger partial charge >= 0.3 is 5.97 Å². The molecule has 2 aromatic rings. The first-order valence-corrected chi connectivity index (χ1v) is 10.00. The molecule has 1 aromatic carbocycles. The molecule has 25 heavy (non-hydrogen) atoms. The first kappa shape index (κ1) is 19.4. The van der Waals surface area contributed by atoms with E-state index in [1.807, 2.05) is 6.92 Å². The van der Waals surface area contributed by atoms with Gasteiger partial charge in [0.2, 0.25) is 9.84 Å². The summed E-state index contributed by atoms with van der Waals surface area (Å²) in [4.78, 5) is 15.6. The zero-order valence-electron chi connectivity index (χ0n) is 13.7. The van der Waals surface area contributed by atoms with Crippen LogP contribution >= 0.6 is 22.9 Å². The fourth-order valence-corrected chi connectivity index (χ4v) is 4.77. The van der Waals surface area contributed by atoms with Crippen LogP contribution in [0.2, 0.25) is 4.34 Å². The molecule has 0 spiro atoms. The van der Waals surface area contributed by atoms with Crippen LogP contribution < -0.4 is 5.32 Å². The summed E-state index contributed by atoms with van der Waals surface area (Å²) >= 11 is 7.02.